The summed E-state index contributed by atoms with van der Waals surface area (Å²) in [6.07, 6.45) is 1.27. The Morgan fingerprint density at radius 1 is 1.26 bits per heavy atom. The van der Waals surface area contributed by atoms with E-state index in [-0.39, 0.29) is 6.54 Å². The Balaban J connectivity index is 1.75. The van der Waals surface area contributed by atoms with E-state index in [0.29, 0.717) is 32.0 Å². The maximum Gasteiger partial charge on any atom is 0.354 e. The maximum absolute atomic E-state index is 12.2. The lowest BCUT2D eigenvalue weighted by Gasteiger charge is -2.13. The van der Waals surface area contributed by atoms with Crippen LogP contribution in [0.3, 0.4) is 0 Å². The molecule has 4 amide bonds. The van der Waals surface area contributed by atoms with Gasteiger partial charge >= 0.3 is 6.03 Å². The SMILES string of the molecule is CC(N)C(=O)N1C(=O)CN(N=Cc2ccc(-c3ccc(Cl)c(Cl)c3)o2)C1=O. The van der Waals surface area contributed by atoms with Crippen molar-refractivity contribution in [3.8, 4) is 11.3 Å². The number of carbonyl (C=O) groups is 3. The Kier molecular flexibility index (Phi) is 5.31. The third kappa shape index (κ3) is 3.87. The van der Waals surface area contributed by atoms with Crippen molar-refractivity contribution in [1.82, 2.24) is 9.91 Å². The Hall–Kier alpha value is -2.68. The molecule has 0 bridgehead atoms. The fourth-order valence-corrected chi connectivity index (χ4v) is 2.65. The third-order valence-corrected chi connectivity index (χ3v) is 4.45. The van der Waals surface area contributed by atoms with Crippen LogP contribution in [0, 0.1) is 0 Å². The van der Waals surface area contributed by atoms with Crippen molar-refractivity contribution in [3.05, 3.63) is 46.1 Å². The molecule has 1 saturated heterocycles. The number of halogens is 2. The molecule has 2 aromatic rings. The van der Waals surface area contributed by atoms with Gasteiger partial charge in [-0.3, -0.25) is 9.59 Å². The standard InChI is InChI=1S/C17H14Cl2N4O4/c1-9(20)16(25)23-15(24)8-22(17(23)26)21-7-11-3-5-14(27-11)10-2-4-12(18)13(19)6-10/h2-7,9H,8,20H2,1H3. The average Bonchev–Trinajstić information content (AvgIpc) is 3.19. The highest BCUT2D eigenvalue weighted by molar-refractivity contribution is 6.42. The smallest absolute Gasteiger partial charge is 0.354 e. The van der Waals surface area contributed by atoms with E-state index >= 15 is 0 Å². The second kappa shape index (κ2) is 7.51. The number of furan rings is 1. The van der Waals surface area contributed by atoms with E-state index in [2.05, 4.69) is 5.10 Å². The monoisotopic (exact) mass is 408 g/mol. The number of hydrogen-bond donors (Lipinski definition) is 1. The molecule has 3 rings (SSSR count). The van der Waals surface area contributed by atoms with Gasteiger partial charge in [0.25, 0.3) is 11.8 Å². The van der Waals surface area contributed by atoms with Crippen LogP contribution in [-0.2, 0) is 9.59 Å². The number of amides is 4. The zero-order valence-corrected chi connectivity index (χ0v) is 15.6. The maximum atomic E-state index is 12.2. The number of hydrazone groups is 1. The second-order valence-corrected chi connectivity index (χ2v) is 6.59. The van der Waals surface area contributed by atoms with Crippen LogP contribution in [0.2, 0.25) is 10.0 Å². The van der Waals surface area contributed by atoms with Crippen LogP contribution in [-0.4, -0.2) is 46.6 Å². The van der Waals surface area contributed by atoms with Gasteiger partial charge in [-0.2, -0.15) is 10.0 Å². The van der Waals surface area contributed by atoms with Crippen LogP contribution in [0.1, 0.15) is 12.7 Å². The molecule has 0 saturated carbocycles. The number of carbonyl (C=O) groups excluding carboxylic acids is 3. The van der Waals surface area contributed by atoms with Gasteiger partial charge in [0, 0.05) is 5.56 Å². The molecule has 27 heavy (non-hydrogen) atoms. The first kappa shape index (κ1) is 19.1. The molecule has 0 spiro atoms. The summed E-state index contributed by atoms with van der Waals surface area (Å²) < 4.78 is 5.62. The summed E-state index contributed by atoms with van der Waals surface area (Å²) >= 11 is 11.9. The van der Waals surface area contributed by atoms with Crippen molar-refractivity contribution in [3.63, 3.8) is 0 Å². The van der Waals surface area contributed by atoms with E-state index in [9.17, 15) is 14.4 Å². The molecule has 1 aliphatic rings. The van der Waals surface area contributed by atoms with Gasteiger partial charge in [-0.05, 0) is 37.3 Å². The highest BCUT2D eigenvalue weighted by Gasteiger charge is 2.41. The Bertz CT molecular complexity index is 954. The van der Waals surface area contributed by atoms with E-state index in [1.54, 1.807) is 30.3 Å². The van der Waals surface area contributed by atoms with E-state index < -0.39 is 23.9 Å². The van der Waals surface area contributed by atoms with Gasteiger partial charge < -0.3 is 10.2 Å². The number of rotatable bonds is 4. The minimum atomic E-state index is -0.972. The summed E-state index contributed by atoms with van der Waals surface area (Å²) in [4.78, 5) is 36.4. The summed E-state index contributed by atoms with van der Waals surface area (Å²) in [6, 6.07) is 6.56. The van der Waals surface area contributed by atoms with Gasteiger partial charge in [0.15, 0.2) is 0 Å². The number of nitrogens with two attached hydrogens (primary N) is 1. The predicted octanol–water partition coefficient (Wildman–Crippen LogP) is 2.73. The lowest BCUT2D eigenvalue weighted by Crippen LogP contribution is -2.45. The topological polar surface area (TPSA) is 109 Å². The molecule has 1 aromatic carbocycles. The van der Waals surface area contributed by atoms with Crippen molar-refractivity contribution >= 4 is 47.3 Å². The normalized spacial score (nSPS) is 15.9. The molecule has 1 atom stereocenters. The van der Waals surface area contributed by atoms with Crippen molar-refractivity contribution in [2.24, 2.45) is 10.8 Å². The van der Waals surface area contributed by atoms with Crippen LogP contribution in [0.15, 0.2) is 39.9 Å². The van der Waals surface area contributed by atoms with E-state index in [1.807, 2.05) is 0 Å². The molecule has 140 valence electrons. The van der Waals surface area contributed by atoms with Crippen LogP contribution < -0.4 is 5.73 Å². The zero-order chi connectivity index (χ0) is 19.7. The summed E-state index contributed by atoms with van der Waals surface area (Å²) in [6.45, 7) is 1.04. The molecule has 10 heteroatoms. The van der Waals surface area contributed by atoms with E-state index in [4.69, 9.17) is 33.4 Å². The predicted molar refractivity (Wildman–Crippen MR) is 99.4 cm³/mol. The van der Waals surface area contributed by atoms with E-state index in [1.165, 1.54) is 13.1 Å². The summed E-state index contributed by atoms with van der Waals surface area (Å²) in [7, 11) is 0. The largest absolute Gasteiger partial charge is 0.455 e. The zero-order valence-electron chi connectivity index (χ0n) is 14.1. The lowest BCUT2D eigenvalue weighted by molar-refractivity contribution is -0.139. The summed E-state index contributed by atoms with van der Waals surface area (Å²) in [5.74, 6) is -0.598. The first-order chi connectivity index (χ1) is 12.8. The number of imide groups is 3. The fourth-order valence-electron chi connectivity index (χ4n) is 2.35. The lowest BCUT2D eigenvalue weighted by atomic mass is 10.2. The molecular formula is C17H14Cl2N4O4. The van der Waals surface area contributed by atoms with Crippen LogP contribution in [0.4, 0.5) is 4.79 Å². The molecule has 0 radical (unpaired) electrons. The highest BCUT2D eigenvalue weighted by Crippen LogP contribution is 2.29. The van der Waals surface area contributed by atoms with Gasteiger partial charge in [0.05, 0.1) is 22.3 Å². The van der Waals surface area contributed by atoms with Gasteiger partial charge in [-0.25, -0.2) is 9.80 Å². The molecular weight excluding hydrogens is 395 g/mol. The van der Waals surface area contributed by atoms with E-state index in [0.717, 1.165) is 5.01 Å². The first-order valence-corrected chi connectivity index (χ1v) is 8.56. The number of nitrogens with zero attached hydrogens (tertiary/aromatic N) is 3. The van der Waals surface area contributed by atoms with Crippen molar-refractivity contribution in [2.45, 2.75) is 13.0 Å². The second-order valence-electron chi connectivity index (χ2n) is 5.77. The van der Waals surface area contributed by atoms with Crippen molar-refractivity contribution in [1.29, 1.82) is 0 Å². The van der Waals surface area contributed by atoms with Gasteiger partial charge in [-0.15, -0.1) is 0 Å². The Morgan fingerprint density at radius 3 is 2.67 bits per heavy atom. The Labute approximate surface area is 164 Å². The quantitative estimate of drug-likeness (QED) is 0.617. The number of hydrogen-bond acceptors (Lipinski definition) is 6. The molecule has 1 unspecified atom stereocenters. The molecule has 0 aliphatic carbocycles. The van der Waals surface area contributed by atoms with Crippen molar-refractivity contribution < 1.29 is 18.8 Å². The Morgan fingerprint density at radius 2 is 2.00 bits per heavy atom. The minimum Gasteiger partial charge on any atom is -0.455 e. The molecule has 1 fully saturated rings. The molecule has 2 heterocycles. The van der Waals surface area contributed by atoms with Crippen LogP contribution in [0.5, 0.6) is 0 Å². The molecule has 1 aliphatic heterocycles. The van der Waals surface area contributed by atoms with Gasteiger partial charge in [0.2, 0.25) is 0 Å². The van der Waals surface area contributed by atoms with Crippen LogP contribution in [0.25, 0.3) is 11.3 Å². The molecule has 2 N–H and O–H groups in total. The van der Waals surface area contributed by atoms with Crippen molar-refractivity contribution in [2.75, 3.05) is 6.54 Å². The summed E-state index contributed by atoms with van der Waals surface area (Å²) in [5, 5.41) is 5.60. The number of benzene rings is 1. The fraction of sp³-hybridized carbons (Fsp3) is 0.176. The van der Waals surface area contributed by atoms with Gasteiger partial charge in [0.1, 0.15) is 18.1 Å². The number of urea groups is 1. The highest BCUT2D eigenvalue weighted by atomic mass is 35.5. The molecule has 8 nitrogen and oxygen atoms in total. The minimum absolute atomic E-state index is 0.341. The van der Waals surface area contributed by atoms with Crippen LogP contribution >= 0.6 is 23.2 Å². The summed E-state index contributed by atoms with van der Waals surface area (Å²) in [5.41, 5.74) is 6.16. The molecule has 1 aromatic heterocycles. The average molecular weight is 409 g/mol. The van der Waals surface area contributed by atoms with Gasteiger partial charge in [-0.1, -0.05) is 23.2 Å². The third-order valence-electron chi connectivity index (χ3n) is 3.71. The first-order valence-electron chi connectivity index (χ1n) is 7.81.